The summed E-state index contributed by atoms with van der Waals surface area (Å²) in [5, 5.41) is 3.17. The molecule has 0 aromatic carbocycles. The topological polar surface area (TPSA) is 47.0 Å². The molecule has 96 valence electrons. The van der Waals surface area contributed by atoms with Crippen LogP contribution in [0.15, 0.2) is 6.07 Å². The highest BCUT2D eigenvalue weighted by Gasteiger charge is 2.02. The number of aryl methyl sites for hydroxylation is 1. The van der Waals surface area contributed by atoms with Crippen LogP contribution in [0.4, 0.5) is 5.82 Å². The van der Waals surface area contributed by atoms with Gasteiger partial charge in [0.2, 0.25) is 5.88 Å². The lowest BCUT2D eigenvalue weighted by Crippen LogP contribution is -2.05. The molecule has 0 radical (unpaired) electrons. The predicted octanol–water partition coefficient (Wildman–Crippen LogP) is 3.03. The van der Waals surface area contributed by atoms with E-state index >= 15 is 0 Å². The molecule has 0 amide bonds. The molecule has 1 N–H and O–H groups in total. The first kappa shape index (κ1) is 13.7. The zero-order valence-corrected chi connectivity index (χ0v) is 11.3. The van der Waals surface area contributed by atoms with E-state index in [0.29, 0.717) is 5.88 Å². The summed E-state index contributed by atoms with van der Waals surface area (Å²) < 4.78 is 5.63. The average molecular weight is 237 g/mol. The summed E-state index contributed by atoms with van der Waals surface area (Å²) in [5.74, 6) is 2.96. The Morgan fingerprint density at radius 3 is 2.76 bits per heavy atom. The van der Waals surface area contributed by atoms with Crippen molar-refractivity contribution in [2.45, 2.75) is 40.5 Å². The standard InChI is InChI=1S/C13H23N3O/c1-5-14-12-9-13(16-11(4)15-12)17-8-6-7-10(2)3/h9-10H,5-8H2,1-4H3,(H,14,15,16). The van der Waals surface area contributed by atoms with Gasteiger partial charge in [-0.05, 0) is 32.6 Å². The second-order valence-electron chi connectivity index (χ2n) is 4.55. The summed E-state index contributed by atoms with van der Waals surface area (Å²) in [7, 11) is 0. The number of aromatic nitrogens is 2. The highest BCUT2D eigenvalue weighted by atomic mass is 16.5. The van der Waals surface area contributed by atoms with Crippen LogP contribution >= 0.6 is 0 Å². The fourth-order valence-electron chi connectivity index (χ4n) is 1.55. The molecule has 0 aliphatic rings. The molecular formula is C13H23N3O. The third kappa shape index (κ3) is 5.52. The Bertz CT molecular complexity index is 339. The Balaban J connectivity index is 2.46. The summed E-state index contributed by atoms with van der Waals surface area (Å²) in [6, 6.07) is 1.85. The SMILES string of the molecule is CCNc1cc(OCCCC(C)C)nc(C)n1. The number of ether oxygens (including phenoxy) is 1. The Labute approximate surface area is 104 Å². The fourth-order valence-corrected chi connectivity index (χ4v) is 1.55. The number of hydrogen-bond acceptors (Lipinski definition) is 4. The van der Waals surface area contributed by atoms with Crippen LogP contribution in [0.5, 0.6) is 5.88 Å². The van der Waals surface area contributed by atoms with Crippen molar-refractivity contribution in [2.75, 3.05) is 18.5 Å². The van der Waals surface area contributed by atoms with E-state index in [1.807, 2.05) is 19.9 Å². The van der Waals surface area contributed by atoms with Gasteiger partial charge in [-0.1, -0.05) is 13.8 Å². The van der Waals surface area contributed by atoms with Gasteiger partial charge in [0, 0.05) is 12.6 Å². The van der Waals surface area contributed by atoms with Crippen molar-refractivity contribution in [2.24, 2.45) is 5.92 Å². The molecular weight excluding hydrogens is 214 g/mol. The maximum atomic E-state index is 5.63. The lowest BCUT2D eigenvalue weighted by atomic mass is 10.1. The second kappa shape index (κ2) is 7.09. The van der Waals surface area contributed by atoms with E-state index in [-0.39, 0.29) is 0 Å². The van der Waals surface area contributed by atoms with E-state index < -0.39 is 0 Å². The van der Waals surface area contributed by atoms with Gasteiger partial charge in [0.1, 0.15) is 11.6 Å². The van der Waals surface area contributed by atoms with E-state index in [4.69, 9.17) is 4.74 Å². The van der Waals surface area contributed by atoms with Crippen molar-refractivity contribution in [3.05, 3.63) is 11.9 Å². The lowest BCUT2D eigenvalue weighted by Gasteiger charge is -2.09. The van der Waals surface area contributed by atoms with Crippen molar-refractivity contribution in [3.8, 4) is 5.88 Å². The van der Waals surface area contributed by atoms with Gasteiger partial charge in [-0.3, -0.25) is 0 Å². The number of rotatable bonds is 7. The number of nitrogens with one attached hydrogen (secondary N) is 1. The quantitative estimate of drug-likeness (QED) is 0.740. The summed E-state index contributed by atoms with van der Waals surface area (Å²) in [6.07, 6.45) is 2.25. The first-order chi connectivity index (χ1) is 8.11. The lowest BCUT2D eigenvalue weighted by molar-refractivity contribution is 0.286. The molecule has 0 aliphatic heterocycles. The first-order valence-electron chi connectivity index (χ1n) is 6.34. The van der Waals surface area contributed by atoms with Crippen molar-refractivity contribution in [1.82, 2.24) is 9.97 Å². The van der Waals surface area contributed by atoms with Gasteiger partial charge in [-0.15, -0.1) is 0 Å². The van der Waals surface area contributed by atoms with Gasteiger partial charge < -0.3 is 10.1 Å². The van der Waals surface area contributed by atoms with Crippen LogP contribution in [0.3, 0.4) is 0 Å². The normalized spacial score (nSPS) is 10.6. The van der Waals surface area contributed by atoms with Gasteiger partial charge in [0.05, 0.1) is 6.61 Å². The predicted molar refractivity (Wildman–Crippen MR) is 70.5 cm³/mol. The van der Waals surface area contributed by atoms with Crippen molar-refractivity contribution in [3.63, 3.8) is 0 Å². The van der Waals surface area contributed by atoms with Crippen LogP contribution in [-0.4, -0.2) is 23.1 Å². The smallest absolute Gasteiger partial charge is 0.218 e. The van der Waals surface area contributed by atoms with Gasteiger partial charge >= 0.3 is 0 Å². The largest absolute Gasteiger partial charge is 0.478 e. The molecule has 17 heavy (non-hydrogen) atoms. The summed E-state index contributed by atoms with van der Waals surface area (Å²) in [6.45, 7) is 9.93. The van der Waals surface area contributed by atoms with Crippen LogP contribution in [0.25, 0.3) is 0 Å². The fraction of sp³-hybridized carbons (Fsp3) is 0.692. The van der Waals surface area contributed by atoms with Gasteiger partial charge in [0.25, 0.3) is 0 Å². The van der Waals surface area contributed by atoms with Crippen LogP contribution in [-0.2, 0) is 0 Å². The molecule has 4 heteroatoms. The minimum atomic E-state index is 0.664. The van der Waals surface area contributed by atoms with Crippen LogP contribution in [0.2, 0.25) is 0 Å². The van der Waals surface area contributed by atoms with Gasteiger partial charge in [0.15, 0.2) is 0 Å². The average Bonchev–Trinajstić information content (AvgIpc) is 2.24. The zero-order chi connectivity index (χ0) is 12.7. The van der Waals surface area contributed by atoms with Gasteiger partial charge in [-0.2, -0.15) is 4.98 Å². The van der Waals surface area contributed by atoms with Crippen LogP contribution in [0.1, 0.15) is 39.4 Å². The molecule has 1 heterocycles. The molecule has 0 saturated carbocycles. The zero-order valence-electron chi connectivity index (χ0n) is 11.3. The molecule has 1 aromatic heterocycles. The Hall–Kier alpha value is -1.32. The van der Waals surface area contributed by atoms with E-state index in [2.05, 4.69) is 29.1 Å². The highest BCUT2D eigenvalue weighted by Crippen LogP contribution is 2.14. The molecule has 1 rings (SSSR count). The van der Waals surface area contributed by atoms with Crippen molar-refractivity contribution < 1.29 is 4.74 Å². The summed E-state index contributed by atoms with van der Waals surface area (Å²) >= 11 is 0. The molecule has 0 bridgehead atoms. The Morgan fingerprint density at radius 1 is 1.35 bits per heavy atom. The van der Waals surface area contributed by atoms with Crippen LogP contribution in [0, 0.1) is 12.8 Å². The molecule has 0 unspecified atom stereocenters. The third-order valence-electron chi connectivity index (χ3n) is 2.35. The highest BCUT2D eigenvalue weighted by molar-refractivity contribution is 5.38. The van der Waals surface area contributed by atoms with E-state index in [1.54, 1.807) is 0 Å². The summed E-state index contributed by atoms with van der Waals surface area (Å²) in [4.78, 5) is 8.54. The van der Waals surface area contributed by atoms with E-state index in [9.17, 15) is 0 Å². The monoisotopic (exact) mass is 237 g/mol. The molecule has 0 spiro atoms. The maximum Gasteiger partial charge on any atom is 0.218 e. The minimum Gasteiger partial charge on any atom is -0.478 e. The minimum absolute atomic E-state index is 0.664. The number of hydrogen-bond donors (Lipinski definition) is 1. The summed E-state index contributed by atoms with van der Waals surface area (Å²) in [5.41, 5.74) is 0. The molecule has 0 fully saturated rings. The molecule has 0 aliphatic carbocycles. The van der Waals surface area contributed by atoms with Gasteiger partial charge in [-0.25, -0.2) is 4.98 Å². The number of nitrogens with zero attached hydrogens (tertiary/aromatic N) is 2. The third-order valence-corrected chi connectivity index (χ3v) is 2.35. The van der Waals surface area contributed by atoms with E-state index in [1.165, 1.54) is 6.42 Å². The molecule has 4 nitrogen and oxygen atoms in total. The van der Waals surface area contributed by atoms with Crippen molar-refractivity contribution >= 4 is 5.82 Å². The Kier molecular flexibility index (Phi) is 5.73. The molecule has 1 aromatic rings. The first-order valence-corrected chi connectivity index (χ1v) is 6.34. The Morgan fingerprint density at radius 2 is 2.12 bits per heavy atom. The molecule has 0 atom stereocenters. The van der Waals surface area contributed by atoms with Crippen LogP contribution < -0.4 is 10.1 Å². The molecule has 0 saturated heterocycles. The second-order valence-corrected chi connectivity index (χ2v) is 4.55. The maximum absolute atomic E-state index is 5.63. The number of anilines is 1. The van der Waals surface area contributed by atoms with Crippen molar-refractivity contribution in [1.29, 1.82) is 0 Å². The van der Waals surface area contributed by atoms with E-state index in [0.717, 1.165) is 37.1 Å².